The quantitative estimate of drug-likeness (QED) is 0.376. The fourth-order valence-corrected chi connectivity index (χ4v) is 4.87. The summed E-state index contributed by atoms with van der Waals surface area (Å²) in [5.74, 6) is -0.438. The summed E-state index contributed by atoms with van der Waals surface area (Å²) < 4.78 is 16.4. The molecule has 0 aliphatic carbocycles. The molecule has 2 amide bonds. The van der Waals surface area contributed by atoms with Crippen molar-refractivity contribution in [3.63, 3.8) is 0 Å². The normalized spacial score (nSPS) is 14.7. The summed E-state index contributed by atoms with van der Waals surface area (Å²) in [5.41, 5.74) is 2.61. The first kappa shape index (κ1) is 29.2. The van der Waals surface area contributed by atoms with E-state index < -0.39 is 30.1 Å². The van der Waals surface area contributed by atoms with Gasteiger partial charge in [-0.05, 0) is 59.5 Å². The Morgan fingerprint density at radius 2 is 1.73 bits per heavy atom. The average molecular weight is 578 g/mol. The first-order valence-electron chi connectivity index (χ1n) is 12.7. The molecule has 1 unspecified atom stereocenters. The van der Waals surface area contributed by atoms with E-state index in [-0.39, 0.29) is 35.7 Å². The maximum atomic E-state index is 13.2. The zero-order chi connectivity index (χ0) is 29.5. The highest BCUT2D eigenvalue weighted by Gasteiger charge is 2.32. The molecule has 1 aliphatic rings. The Morgan fingerprint density at radius 3 is 2.34 bits per heavy atom. The van der Waals surface area contributed by atoms with Crippen LogP contribution >= 0.6 is 11.6 Å². The molecule has 3 aromatic rings. The summed E-state index contributed by atoms with van der Waals surface area (Å²) in [6.07, 6.45) is -0.0431. The fraction of sp³-hybridized carbons (Fsp3) is 0.267. The van der Waals surface area contributed by atoms with E-state index in [1.807, 2.05) is 12.1 Å². The van der Waals surface area contributed by atoms with Crippen LogP contribution in [0.15, 0.2) is 60.7 Å². The van der Waals surface area contributed by atoms with Crippen molar-refractivity contribution in [3.05, 3.63) is 87.9 Å². The molecule has 11 heteroatoms. The second-order valence-electron chi connectivity index (χ2n) is 9.38. The minimum atomic E-state index is -1.21. The van der Waals surface area contributed by atoms with E-state index in [0.29, 0.717) is 23.5 Å². The third-order valence-corrected chi connectivity index (χ3v) is 7.12. The Hall–Kier alpha value is -4.75. The zero-order valence-corrected chi connectivity index (χ0v) is 23.2. The number of aliphatic carboxylic acids is 1. The summed E-state index contributed by atoms with van der Waals surface area (Å²) in [6, 6.07) is 16.9. The molecule has 0 saturated heterocycles. The zero-order valence-electron chi connectivity index (χ0n) is 22.4. The highest BCUT2D eigenvalue weighted by Crippen LogP contribution is 2.35. The number of ether oxygens (including phenoxy) is 3. The Balaban J connectivity index is 1.44. The van der Waals surface area contributed by atoms with Gasteiger partial charge in [-0.2, -0.15) is 5.26 Å². The molecule has 10 nitrogen and oxygen atoms in total. The van der Waals surface area contributed by atoms with Crippen LogP contribution in [0, 0.1) is 11.3 Å². The molecule has 2 atom stereocenters. The molecule has 212 valence electrons. The minimum absolute atomic E-state index is 0.00179. The summed E-state index contributed by atoms with van der Waals surface area (Å²) >= 11 is 6.06. The van der Waals surface area contributed by atoms with Crippen molar-refractivity contribution in [1.82, 2.24) is 10.2 Å². The van der Waals surface area contributed by atoms with Crippen molar-refractivity contribution in [3.8, 4) is 23.3 Å². The number of amides is 2. The van der Waals surface area contributed by atoms with E-state index in [4.69, 9.17) is 25.8 Å². The smallest absolute Gasteiger partial charge is 0.415 e. The average Bonchev–Trinajstić information content (AvgIpc) is 2.96. The van der Waals surface area contributed by atoms with Crippen LogP contribution in [0.1, 0.15) is 33.5 Å². The van der Waals surface area contributed by atoms with Gasteiger partial charge < -0.3 is 24.6 Å². The van der Waals surface area contributed by atoms with Gasteiger partial charge in [0.15, 0.2) is 11.5 Å². The molecule has 2 N–H and O–H groups in total. The lowest BCUT2D eigenvalue weighted by Crippen LogP contribution is -2.45. The minimum Gasteiger partial charge on any atom is -0.493 e. The summed E-state index contributed by atoms with van der Waals surface area (Å²) in [6.45, 7) is 0.227. The molecule has 0 spiro atoms. The van der Waals surface area contributed by atoms with Gasteiger partial charge in [-0.1, -0.05) is 35.9 Å². The van der Waals surface area contributed by atoms with Gasteiger partial charge in [-0.15, -0.1) is 0 Å². The maximum absolute atomic E-state index is 13.2. The standard InChI is InChI=1S/C30H28ClN3O7/c1-39-26-15-19-14-21(11-12-32)34(17-20(19)16-27(26)40-2)30(38)41-22-9-7-18(8-10-22)13-25(29(36)37)33-28(35)23-5-3-4-6-24(23)31/h3-10,15-16,21,25H,11,13-14,17H2,1-2H3,(H,33,35)(H,36,37)/t21?,25-/m0/s1. The Labute approximate surface area is 242 Å². The van der Waals surface area contributed by atoms with E-state index in [0.717, 1.165) is 11.1 Å². The van der Waals surface area contributed by atoms with Crippen LogP contribution in [0.5, 0.6) is 17.2 Å². The molecular weight excluding hydrogens is 550 g/mol. The predicted octanol–water partition coefficient (Wildman–Crippen LogP) is 4.62. The number of methoxy groups -OCH3 is 2. The molecule has 41 heavy (non-hydrogen) atoms. The third kappa shape index (κ3) is 6.88. The summed E-state index contributed by atoms with van der Waals surface area (Å²) in [5, 5.41) is 21.7. The van der Waals surface area contributed by atoms with Crippen LogP contribution in [0.3, 0.4) is 0 Å². The molecule has 1 aliphatic heterocycles. The van der Waals surface area contributed by atoms with Crippen LogP contribution < -0.4 is 19.5 Å². The number of hydrogen-bond acceptors (Lipinski definition) is 7. The number of nitrogens with one attached hydrogen (secondary N) is 1. The van der Waals surface area contributed by atoms with E-state index in [1.54, 1.807) is 49.6 Å². The lowest BCUT2D eigenvalue weighted by molar-refractivity contribution is -0.139. The van der Waals surface area contributed by atoms with Gasteiger partial charge in [0.05, 0.1) is 43.3 Å². The largest absolute Gasteiger partial charge is 0.493 e. The van der Waals surface area contributed by atoms with Crippen LogP contribution in [0.4, 0.5) is 4.79 Å². The lowest BCUT2D eigenvalue weighted by atomic mass is 9.92. The molecule has 1 heterocycles. The predicted molar refractivity (Wildman–Crippen MR) is 149 cm³/mol. The van der Waals surface area contributed by atoms with Gasteiger partial charge in [-0.25, -0.2) is 9.59 Å². The molecule has 3 aromatic carbocycles. The van der Waals surface area contributed by atoms with E-state index >= 15 is 0 Å². The molecule has 0 aromatic heterocycles. The van der Waals surface area contributed by atoms with Crippen molar-refractivity contribution in [2.24, 2.45) is 0 Å². The topological polar surface area (TPSA) is 138 Å². The van der Waals surface area contributed by atoms with Crippen LogP contribution in [0.25, 0.3) is 0 Å². The number of hydrogen-bond donors (Lipinski definition) is 2. The van der Waals surface area contributed by atoms with Crippen LogP contribution in [-0.4, -0.2) is 54.3 Å². The second kappa shape index (κ2) is 13.1. The van der Waals surface area contributed by atoms with Gasteiger partial charge in [0, 0.05) is 13.0 Å². The van der Waals surface area contributed by atoms with Crippen molar-refractivity contribution >= 4 is 29.6 Å². The van der Waals surface area contributed by atoms with Crippen LogP contribution in [-0.2, 0) is 24.2 Å². The number of halogens is 1. The van der Waals surface area contributed by atoms with Gasteiger partial charge in [0.25, 0.3) is 5.91 Å². The maximum Gasteiger partial charge on any atom is 0.415 e. The first-order valence-corrected chi connectivity index (χ1v) is 13.1. The van der Waals surface area contributed by atoms with Crippen molar-refractivity contribution in [2.45, 2.75) is 37.9 Å². The number of benzene rings is 3. The molecule has 4 rings (SSSR count). The lowest BCUT2D eigenvalue weighted by Gasteiger charge is -2.35. The summed E-state index contributed by atoms with van der Waals surface area (Å²) in [4.78, 5) is 39.1. The highest BCUT2D eigenvalue weighted by molar-refractivity contribution is 6.33. The number of carboxylic acids is 1. The van der Waals surface area contributed by atoms with E-state index in [1.165, 1.54) is 18.1 Å². The van der Waals surface area contributed by atoms with Gasteiger partial charge in [0.1, 0.15) is 11.8 Å². The number of fused-ring (bicyclic) bond motifs is 1. The molecular formula is C30H28ClN3O7. The summed E-state index contributed by atoms with van der Waals surface area (Å²) in [7, 11) is 3.08. The first-order chi connectivity index (χ1) is 19.7. The highest BCUT2D eigenvalue weighted by atomic mass is 35.5. The number of rotatable bonds is 9. The number of carbonyl (C=O) groups excluding carboxylic acids is 2. The second-order valence-corrected chi connectivity index (χ2v) is 9.79. The third-order valence-electron chi connectivity index (χ3n) is 6.79. The fourth-order valence-electron chi connectivity index (χ4n) is 4.65. The van der Waals surface area contributed by atoms with Crippen molar-refractivity contribution in [1.29, 1.82) is 5.26 Å². The van der Waals surface area contributed by atoms with Gasteiger partial charge in [-0.3, -0.25) is 9.69 Å². The van der Waals surface area contributed by atoms with Gasteiger partial charge in [0.2, 0.25) is 0 Å². The van der Waals surface area contributed by atoms with Gasteiger partial charge >= 0.3 is 12.1 Å². The monoisotopic (exact) mass is 577 g/mol. The van der Waals surface area contributed by atoms with E-state index in [9.17, 15) is 24.8 Å². The molecule has 0 bridgehead atoms. The number of nitrogens with zero attached hydrogens (tertiary/aromatic N) is 2. The van der Waals surface area contributed by atoms with E-state index in [2.05, 4.69) is 11.4 Å². The van der Waals surface area contributed by atoms with Crippen LogP contribution in [0.2, 0.25) is 5.02 Å². The Kier molecular flexibility index (Phi) is 9.32. The number of carboxylic acid groups (broad SMARTS) is 1. The number of nitriles is 1. The molecule has 0 saturated carbocycles. The van der Waals surface area contributed by atoms with Crippen molar-refractivity contribution in [2.75, 3.05) is 14.2 Å². The molecule has 0 fully saturated rings. The Morgan fingerprint density at radius 1 is 1.07 bits per heavy atom. The molecule has 0 radical (unpaired) electrons. The Bertz CT molecular complexity index is 1490. The SMILES string of the molecule is COc1cc2c(cc1OC)CN(C(=O)Oc1ccc(C[C@H](NC(=O)c3ccccc3Cl)C(=O)O)cc1)C(CC#N)C2. The van der Waals surface area contributed by atoms with Crippen molar-refractivity contribution < 1.29 is 33.7 Å². The number of carbonyl (C=O) groups is 3.